The van der Waals surface area contributed by atoms with Crippen molar-refractivity contribution in [2.75, 3.05) is 0 Å². The van der Waals surface area contributed by atoms with Crippen LogP contribution in [0.1, 0.15) is 21.5 Å². The molecule has 0 saturated heterocycles. The topological polar surface area (TPSA) is 90.2 Å². The summed E-state index contributed by atoms with van der Waals surface area (Å²) >= 11 is 3.36. The molecule has 1 amide bonds. The fourth-order valence-corrected chi connectivity index (χ4v) is 2.47. The lowest BCUT2D eigenvalue weighted by Crippen LogP contribution is -2.42. The molecule has 5 nitrogen and oxygen atoms in total. The quantitative estimate of drug-likeness (QED) is 0.843. The van der Waals surface area contributed by atoms with Crippen LogP contribution in [0.2, 0.25) is 0 Å². The maximum absolute atomic E-state index is 12.2. The number of carbonyl (C=O) groups excluding carboxylic acids is 1. The first-order valence-corrected chi connectivity index (χ1v) is 7.58. The monoisotopic (exact) mass is 372 g/mol. The van der Waals surface area contributed by atoms with E-state index in [1.807, 2.05) is 18.2 Å². The number of amides is 1. The third-order valence-electron chi connectivity index (χ3n) is 3.26. The zero-order valence-electron chi connectivity index (χ0n) is 12.0. The van der Waals surface area contributed by atoms with Crippen LogP contribution >= 0.6 is 15.9 Å². The molecule has 0 spiro atoms. The lowest BCUT2D eigenvalue weighted by molar-refractivity contribution is -0.139. The van der Waals surface area contributed by atoms with Crippen LogP contribution in [0.5, 0.6) is 0 Å². The number of nitrogens with one attached hydrogen (secondary N) is 1. The van der Waals surface area contributed by atoms with Gasteiger partial charge in [0.2, 0.25) is 0 Å². The smallest absolute Gasteiger partial charge is 0.326 e. The second-order valence-corrected chi connectivity index (χ2v) is 5.70. The van der Waals surface area contributed by atoms with Gasteiger partial charge in [-0.05, 0) is 35.9 Å². The highest BCUT2D eigenvalue weighted by Crippen LogP contribution is 2.17. The molecule has 0 saturated carbocycles. The van der Waals surface area contributed by atoms with Crippen LogP contribution in [0.3, 0.4) is 0 Å². The standard InChI is InChI=1S/C17H13BrN2O3/c18-14-4-2-1-3-13(14)9-15(17(22)23)20-16(21)12-7-5-11(10-19)6-8-12/h1-8,15H,9H2,(H,20,21)(H,22,23)/t15-/m1/s1. The second kappa shape index (κ2) is 7.56. The molecule has 2 aromatic rings. The molecule has 0 aliphatic heterocycles. The van der Waals surface area contributed by atoms with Gasteiger partial charge in [-0.3, -0.25) is 4.79 Å². The predicted molar refractivity (Wildman–Crippen MR) is 87.9 cm³/mol. The van der Waals surface area contributed by atoms with E-state index in [9.17, 15) is 14.7 Å². The van der Waals surface area contributed by atoms with E-state index in [1.165, 1.54) is 24.3 Å². The van der Waals surface area contributed by atoms with E-state index < -0.39 is 17.9 Å². The van der Waals surface area contributed by atoms with Crippen molar-refractivity contribution in [2.24, 2.45) is 0 Å². The number of benzene rings is 2. The maximum atomic E-state index is 12.2. The summed E-state index contributed by atoms with van der Waals surface area (Å²) in [6, 6.07) is 14.2. The van der Waals surface area contributed by atoms with Gasteiger partial charge >= 0.3 is 5.97 Å². The van der Waals surface area contributed by atoms with E-state index in [0.717, 1.165) is 10.0 Å². The van der Waals surface area contributed by atoms with Gasteiger partial charge in [-0.1, -0.05) is 34.1 Å². The van der Waals surface area contributed by atoms with Crippen LogP contribution < -0.4 is 5.32 Å². The maximum Gasteiger partial charge on any atom is 0.326 e. The number of hydrogen-bond donors (Lipinski definition) is 2. The van der Waals surface area contributed by atoms with Crippen LogP contribution in [0.15, 0.2) is 53.0 Å². The molecule has 0 radical (unpaired) electrons. The largest absolute Gasteiger partial charge is 0.480 e. The van der Waals surface area contributed by atoms with Gasteiger partial charge in [-0.2, -0.15) is 5.26 Å². The van der Waals surface area contributed by atoms with Gasteiger partial charge in [0.05, 0.1) is 11.6 Å². The van der Waals surface area contributed by atoms with Crippen molar-refractivity contribution in [1.82, 2.24) is 5.32 Å². The Bertz CT molecular complexity index is 766. The van der Waals surface area contributed by atoms with Crippen LogP contribution in [0.25, 0.3) is 0 Å². The van der Waals surface area contributed by atoms with Gasteiger partial charge in [0.15, 0.2) is 0 Å². The Balaban J connectivity index is 2.13. The Kier molecular flexibility index (Phi) is 5.50. The molecular formula is C17H13BrN2O3. The average molecular weight is 373 g/mol. The van der Waals surface area contributed by atoms with Gasteiger partial charge in [0.1, 0.15) is 6.04 Å². The molecule has 2 rings (SSSR count). The number of halogens is 1. The molecule has 116 valence electrons. The molecular weight excluding hydrogens is 360 g/mol. The predicted octanol–water partition coefficient (Wildman–Crippen LogP) is 2.75. The Morgan fingerprint density at radius 2 is 1.83 bits per heavy atom. The summed E-state index contributed by atoms with van der Waals surface area (Å²) in [6.07, 6.45) is 0.165. The van der Waals surface area contributed by atoms with Gasteiger partial charge in [-0.15, -0.1) is 0 Å². The summed E-state index contributed by atoms with van der Waals surface area (Å²) in [4.78, 5) is 23.6. The highest BCUT2D eigenvalue weighted by molar-refractivity contribution is 9.10. The van der Waals surface area contributed by atoms with Crippen molar-refractivity contribution in [2.45, 2.75) is 12.5 Å². The average Bonchev–Trinajstić information content (AvgIpc) is 2.56. The summed E-state index contributed by atoms with van der Waals surface area (Å²) in [5, 5.41) is 20.6. The number of aliphatic carboxylic acids is 1. The first-order valence-electron chi connectivity index (χ1n) is 6.78. The summed E-state index contributed by atoms with van der Waals surface area (Å²) < 4.78 is 0.791. The number of carboxylic acid groups (broad SMARTS) is 1. The van der Waals surface area contributed by atoms with E-state index in [0.29, 0.717) is 11.1 Å². The van der Waals surface area contributed by atoms with Crippen LogP contribution in [0.4, 0.5) is 0 Å². The highest BCUT2D eigenvalue weighted by Gasteiger charge is 2.22. The lowest BCUT2D eigenvalue weighted by Gasteiger charge is -2.15. The molecule has 0 unspecified atom stereocenters. The molecule has 6 heteroatoms. The van der Waals surface area contributed by atoms with Gasteiger partial charge in [0.25, 0.3) is 5.91 Å². The second-order valence-electron chi connectivity index (χ2n) is 4.85. The normalized spacial score (nSPS) is 11.3. The molecule has 1 atom stereocenters. The van der Waals surface area contributed by atoms with E-state index in [4.69, 9.17) is 5.26 Å². The molecule has 0 aromatic heterocycles. The summed E-state index contributed by atoms with van der Waals surface area (Å²) in [7, 11) is 0. The first kappa shape index (κ1) is 16.7. The van der Waals surface area contributed by atoms with Crippen molar-refractivity contribution in [3.63, 3.8) is 0 Å². The summed E-state index contributed by atoms with van der Waals surface area (Å²) in [5.41, 5.74) is 1.53. The summed E-state index contributed by atoms with van der Waals surface area (Å²) in [6.45, 7) is 0. The molecule has 2 aromatic carbocycles. The molecule has 0 heterocycles. The van der Waals surface area contributed by atoms with Gasteiger partial charge in [-0.25, -0.2) is 4.79 Å². The van der Waals surface area contributed by atoms with Crippen LogP contribution in [-0.4, -0.2) is 23.0 Å². The lowest BCUT2D eigenvalue weighted by atomic mass is 10.1. The van der Waals surface area contributed by atoms with E-state index >= 15 is 0 Å². The van der Waals surface area contributed by atoms with Crippen molar-refractivity contribution >= 4 is 27.8 Å². The third-order valence-corrected chi connectivity index (χ3v) is 4.04. The number of hydrogen-bond acceptors (Lipinski definition) is 3. The van der Waals surface area contributed by atoms with Crippen LogP contribution in [0, 0.1) is 11.3 Å². The molecule has 0 aliphatic rings. The zero-order valence-corrected chi connectivity index (χ0v) is 13.6. The van der Waals surface area contributed by atoms with Crippen molar-refractivity contribution in [3.8, 4) is 6.07 Å². The Hall–Kier alpha value is -2.65. The zero-order chi connectivity index (χ0) is 16.8. The van der Waals surface area contributed by atoms with Crippen molar-refractivity contribution in [3.05, 3.63) is 69.7 Å². The molecule has 0 aliphatic carbocycles. The Labute approximate surface area is 141 Å². The third kappa shape index (κ3) is 4.41. The fourth-order valence-electron chi connectivity index (χ4n) is 2.02. The van der Waals surface area contributed by atoms with Gasteiger partial charge in [0, 0.05) is 16.5 Å². The minimum absolute atomic E-state index is 0.165. The van der Waals surface area contributed by atoms with Gasteiger partial charge < -0.3 is 10.4 Å². The molecule has 0 bridgehead atoms. The van der Waals surface area contributed by atoms with Crippen molar-refractivity contribution in [1.29, 1.82) is 5.26 Å². The SMILES string of the molecule is N#Cc1ccc(C(=O)N[C@H](Cc2ccccc2Br)C(=O)O)cc1. The fraction of sp³-hybridized carbons (Fsp3) is 0.118. The molecule has 0 fully saturated rings. The highest BCUT2D eigenvalue weighted by atomic mass is 79.9. The van der Waals surface area contributed by atoms with Crippen LogP contribution in [-0.2, 0) is 11.2 Å². The van der Waals surface area contributed by atoms with E-state index in [1.54, 1.807) is 12.1 Å². The first-order chi connectivity index (χ1) is 11.0. The molecule has 2 N–H and O–H groups in total. The number of nitriles is 1. The number of carboxylic acids is 1. The number of nitrogens with zero attached hydrogens (tertiary/aromatic N) is 1. The minimum Gasteiger partial charge on any atom is -0.480 e. The minimum atomic E-state index is -1.11. The number of rotatable bonds is 5. The Morgan fingerprint density at radius 3 is 2.39 bits per heavy atom. The van der Waals surface area contributed by atoms with E-state index in [-0.39, 0.29) is 6.42 Å². The number of carbonyl (C=O) groups is 2. The van der Waals surface area contributed by atoms with E-state index in [2.05, 4.69) is 21.2 Å². The van der Waals surface area contributed by atoms with Crippen molar-refractivity contribution < 1.29 is 14.7 Å². The summed E-state index contributed by atoms with van der Waals surface area (Å²) in [5.74, 6) is -1.60. The Morgan fingerprint density at radius 1 is 1.17 bits per heavy atom. The molecule has 23 heavy (non-hydrogen) atoms.